The maximum Gasteiger partial charge on any atom is 0.120 e. The van der Waals surface area contributed by atoms with E-state index in [1.54, 1.807) is 12.1 Å². The number of hydrogen-bond acceptors (Lipinski definition) is 6. The summed E-state index contributed by atoms with van der Waals surface area (Å²) in [5.41, 5.74) is 1.73. The van der Waals surface area contributed by atoms with Crippen LogP contribution in [0.2, 0.25) is 0 Å². The number of likely N-dealkylation sites (N-methyl/N-ethyl adjacent to an activating group) is 2. The zero-order chi connectivity index (χ0) is 24.5. The fourth-order valence-corrected chi connectivity index (χ4v) is 3.95. The molecule has 6 heteroatoms. The van der Waals surface area contributed by atoms with Gasteiger partial charge in [-0.15, -0.1) is 0 Å². The Morgan fingerprint density at radius 3 is 1.78 bits per heavy atom. The molecule has 0 heterocycles. The lowest BCUT2D eigenvalue weighted by Crippen LogP contribution is -2.50. The van der Waals surface area contributed by atoms with Gasteiger partial charge in [0.25, 0.3) is 0 Å². The molecule has 1 aromatic rings. The highest BCUT2D eigenvalue weighted by molar-refractivity contribution is 5.32. The SMILES string of the molecule is CC.CC.CN(CC1=CCCC=C1O)C(CCO)C(CCO)N(C)Cc1ccccc1O. The van der Waals surface area contributed by atoms with Crippen molar-refractivity contribution in [2.45, 2.75) is 72.0 Å². The first-order valence-corrected chi connectivity index (χ1v) is 12.0. The molecule has 6 nitrogen and oxygen atoms in total. The van der Waals surface area contributed by atoms with Crippen LogP contribution < -0.4 is 0 Å². The van der Waals surface area contributed by atoms with E-state index in [9.17, 15) is 20.4 Å². The fraction of sp³-hybridized carbons (Fsp3) is 0.615. The second-order valence-electron chi connectivity index (χ2n) is 7.51. The van der Waals surface area contributed by atoms with Crippen molar-refractivity contribution in [2.24, 2.45) is 0 Å². The van der Waals surface area contributed by atoms with Crippen molar-refractivity contribution < 1.29 is 20.4 Å². The summed E-state index contributed by atoms with van der Waals surface area (Å²) in [6.07, 6.45) is 6.80. The predicted octanol–water partition coefficient (Wildman–Crippen LogP) is 4.47. The zero-order valence-electron chi connectivity index (χ0n) is 21.0. The van der Waals surface area contributed by atoms with Crippen molar-refractivity contribution in [2.75, 3.05) is 33.9 Å². The maximum absolute atomic E-state index is 10.1. The van der Waals surface area contributed by atoms with Crippen LogP contribution in [0, 0.1) is 0 Å². The van der Waals surface area contributed by atoms with E-state index < -0.39 is 0 Å². The van der Waals surface area contributed by atoms with Gasteiger partial charge in [-0.05, 0) is 51.9 Å². The van der Waals surface area contributed by atoms with Crippen LogP contribution in [-0.2, 0) is 6.54 Å². The Kier molecular flexibility index (Phi) is 16.6. The molecule has 0 saturated carbocycles. The number of aliphatic hydroxyl groups excluding tert-OH is 3. The lowest BCUT2D eigenvalue weighted by Gasteiger charge is -2.40. The Balaban J connectivity index is 0.00000227. The third-order valence-electron chi connectivity index (χ3n) is 5.48. The molecule has 32 heavy (non-hydrogen) atoms. The summed E-state index contributed by atoms with van der Waals surface area (Å²) in [6, 6.07) is 7.23. The minimum absolute atomic E-state index is 0.0105. The van der Waals surface area contributed by atoms with Gasteiger partial charge in [-0.2, -0.15) is 0 Å². The molecular formula is C26H46N2O4. The second-order valence-corrected chi connectivity index (χ2v) is 7.51. The number of nitrogens with zero attached hydrogens (tertiary/aromatic N) is 2. The average molecular weight is 451 g/mol. The van der Waals surface area contributed by atoms with E-state index in [0.29, 0.717) is 31.7 Å². The quantitative estimate of drug-likeness (QED) is 0.398. The van der Waals surface area contributed by atoms with E-state index in [4.69, 9.17) is 0 Å². The summed E-state index contributed by atoms with van der Waals surface area (Å²) in [4.78, 5) is 4.26. The third kappa shape index (κ3) is 9.74. The molecule has 2 atom stereocenters. The van der Waals surface area contributed by atoms with E-state index in [2.05, 4.69) is 15.9 Å². The standard InChI is InChI=1S/C22H34N2O4.2C2H6/c1-23(15-17-7-3-5-9-21(17)27)19(11-13-25)20(12-14-26)24(2)16-18-8-4-6-10-22(18)28;2*1-2/h3,5,7-10,19-20,25-28H,4,6,11-16H2,1-2H3;2*1-2H3. The highest BCUT2D eigenvalue weighted by Gasteiger charge is 2.29. The Morgan fingerprint density at radius 2 is 1.28 bits per heavy atom. The van der Waals surface area contributed by atoms with Crippen LogP contribution in [0.4, 0.5) is 0 Å². The molecule has 0 fully saturated rings. The third-order valence-corrected chi connectivity index (χ3v) is 5.48. The molecule has 0 spiro atoms. The Hall–Kier alpha value is -1.86. The summed E-state index contributed by atoms with van der Waals surface area (Å²) >= 11 is 0. The Labute approximate surface area is 195 Å². The van der Waals surface area contributed by atoms with Crippen LogP contribution in [-0.4, -0.2) is 76.2 Å². The highest BCUT2D eigenvalue weighted by atomic mass is 16.3. The minimum atomic E-state index is -0.0166. The van der Waals surface area contributed by atoms with Crippen molar-refractivity contribution in [3.05, 3.63) is 53.3 Å². The van der Waals surface area contributed by atoms with Gasteiger partial charge >= 0.3 is 0 Å². The Morgan fingerprint density at radius 1 is 0.781 bits per heavy atom. The van der Waals surface area contributed by atoms with Crippen molar-refractivity contribution in [3.63, 3.8) is 0 Å². The van der Waals surface area contributed by atoms with Crippen LogP contribution in [0.1, 0.15) is 58.9 Å². The van der Waals surface area contributed by atoms with Crippen LogP contribution in [0.3, 0.4) is 0 Å². The number of benzene rings is 1. The van der Waals surface area contributed by atoms with Gasteiger partial charge in [0, 0.05) is 49.5 Å². The molecule has 1 aromatic carbocycles. The summed E-state index contributed by atoms with van der Waals surface area (Å²) in [7, 11) is 3.96. The molecule has 1 aliphatic rings. The smallest absolute Gasteiger partial charge is 0.120 e. The van der Waals surface area contributed by atoms with Gasteiger partial charge < -0.3 is 20.4 Å². The molecule has 1 aliphatic carbocycles. The first kappa shape index (κ1) is 30.1. The van der Waals surface area contributed by atoms with Gasteiger partial charge in [0.05, 0.1) is 0 Å². The predicted molar refractivity (Wildman–Crippen MR) is 134 cm³/mol. The molecule has 2 unspecified atom stereocenters. The zero-order valence-corrected chi connectivity index (χ0v) is 21.0. The summed E-state index contributed by atoms with van der Waals surface area (Å²) in [6.45, 7) is 9.21. The summed E-state index contributed by atoms with van der Waals surface area (Å²) < 4.78 is 0. The van der Waals surface area contributed by atoms with Crippen LogP contribution in [0.5, 0.6) is 5.75 Å². The number of hydrogen-bond donors (Lipinski definition) is 4. The van der Waals surface area contributed by atoms with E-state index >= 15 is 0 Å². The Bertz CT molecular complexity index is 676. The molecule has 184 valence electrons. The fourth-order valence-electron chi connectivity index (χ4n) is 3.95. The molecule has 0 saturated heterocycles. The topological polar surface area (TPSA) is 87.4 Å². The molecule has 0 radical (unpaired) electrons. The number of allylic oxidation sites excluding steroid dienone is 2. The van der Waals surface area contributed by atoms with Crippen LogP contribution >= 0.6 is 0 Å². The molecule has 0 bridgehead atoms. The first-order chi connectivity index (χ1) is 15.5. The van der Waals surface area contributed by atoms with Gasteiger partial charge in [-0.25, -0.2) is 0 Å². The van der Waals surface area contributed by atoms with Crippen LogP contribution in [0.15, 0.2) is 47.7 Å². The van der Waals surface area contributed by atoms with E-state index in [1.165, 1.54) is 0 Å². The maximum atomic E-state index is 10.1. The number of para-hydroxylation sites is 1. The molecular weight excluding hydrogens is 404 g/mol. The van der Waals surface area contributed by atoms with Gasteiger partial charge in [-0.3, -0.25) is 9.80 Å². The number of aliphatic hydroxyl groups is 3. The molecule has 0 aromatic heterocycles. The van der Waals surface area contributed by atoms with Crippen LogP contribution in [0.25, 0.3) is 0 Å². The molecule has 0 aliphatic heterocycles. The lowest BCUT2D eigenvalue weighted by atomic mass is 9.97. The minimum Gasteiger partial charge on any atom is -0.508 e. The molecule has 4 N–H and O–H groups in total. The highest BCUT2D eigenvalue weighted by Crippen LogP contribution is 2.24. The number of aromatic hydroxyl groups is 1. The van der Waals surface area contributed by atoms with Gasteiger partial charge in [-0.1, -0.05) is 52.0 Å². The number of phenolic OH excluding ortho intramolecular Hbond substituents is 1. The largest absolute Gasteiger partial charge is 0.508 e. The van der Waals surface area contributed by atoms with E-state index in [0.717, 1.165) is 24.0 Å². The summed E-state index contributed by atoms with van der Waals surface area (Å²) in [5.74, 6) is 0.591. The molecule has 2 rings (SSSR count). The van der Waals surface area contributed by atoms with Gasteiger partial charge in [0.2, 0.25) is 0 Å². The van der Waals surface area contributed by atoms with Crippen molar-refractivity contribution >= 4 is 0 Å². The van der Waals surface area contributed by atoms with Gasteiger partial charge in [0.1, 0.15) is 11.5 Å². The van der Waals surface area contributed by atoms with Crippen molar-refractivity contribution in [1.29, 1.82) is 0 Å². The van der Waals surface area contributed by atoms with E-state index in [1.807, 2.05) is 60.0 Å². The monoisotopic (exact) mass is 450 g/mol. The molecule has 0 amide bonds. The summed E-state index contributed by atoms with van der Waals surface area (Å²) in [5, 5.41) is 39.5. The van der Waals surface area contributed by atoms with Crippen molar-refractivity contribution in [1.82, 2.24) is 9.80 Å². The van der Waals surface area contributed by atoms with Crippen molar-refractivity contribution in [3.8, 4) is 5.75 Å². The second kappa shape index (κ2) is 17.7. The lowest BCUT2D eigenvalue weighted by molar-refractivity contribution is 0.0729. The normalized spacial score (nSPS) is 15.1. The van der Waals surface area contributed by atoms with Gasteiger partial charge in [0.15, 0.2) is 0 Å². The number of rotatable bonds is 11. The van der Waals surface area contributed by atoms with E-state index in [-0.39, 0.29) is 31.0 Å². The first-order valence-electron chi connectivity index (χ1n) is 12.0. The average Bonchev–Trinajstić information content (AvgIpc) is 2.81. The number of phenols is 1.